The molecule has 5 heteroatoms. The second kappa shape index (κ2) is 8.19. The Labute approximate surface area is 185 Å². The van der Waals surface area contributed by atoms with E-state index >= 15 is 0 Å². The summed E-state index contributed by atoms with van der Waals surface area (Å²) in [5.41, 5.74) is 3.79. The quantitative estimate of drug-likeness (QED) is 0.693. The van der Waals surface area contributed by atoms with E-state index in [1.54, 1.807) is 11.8 Å². The Balaban J connectivity index is 1.42. The summed E-state index contributed by atoms with van der Waals surface area (Å²) in [6.45, 7) is 8.79. The molecule has 1 amide bonds. The summed E-state index contributed by atoms with van der Waals surface area (Å²) in [4.78, 5) is 14.2. The molecule has 31 heavy (non-hydrogen) atoms. The van der Waals surface area contributed by atoms with Crippen LogP contribution in [0.25, 0.3) is 11.1 Å². The van der Waals surface area contributed by atoms with E-state index in [9.17, 15) is 9.90 Å². The first-order valence-electron chi connectivity index (χ1n) is 11.2. The zero-order valence-electron chi connectivity index (χ0n) is 19.0. The topological polar surface area (TPSA) is 59.0 Å². The van der Waals surface area contributed by atoms with Gasteiger partial charge in [0.05, 0.1) is 6.10 Å². The number of ether oxygens (including phenoxy) is 2. The molecule has 1 atom stereocenters. The van der Waals surface area contributed by atoms with Crippen molar-refractivity contribution >= 4 is 6.09 Å². The fourth-order valence-electron chi connectivity index (χ4n) is 4.43. The molecule has 4 rings (SSSR count). The summed E-state index contributed by atoms with van der Waals surface area (Å²) in [6.07, 6.45) is 2.91. The zero-order valence-corrected chi connectivity index (χ0v) is 19.0. The molecule has 2 aromatic carbocycles. The van der Waals surface area contributed by atoms with Crippen LogP contribution in [0, 0.1) is 0 Å². The number of hydrogen-bond donors (Lipinski definition) is 1. The number of fused-ring (bicyclic) bond motifs is 1. The van der Waals surface area contributed by atoms with E-state index in [2.05, 4.69) is 30.3 Å². The van der Waals surface area contributed by atoms with Gasteiger partial charge in [0.2, 0.25) is 0 Å². The Hall–Kier alpha value is -2.53. The lowest BCUT2D eigenvalue weighted by atomic mass is 9.82. The molecular weight excluding hydrogens is 390 g/mol. The van der Waals surface area contributed by atoms with Crippen LogP contribution in [-0.4, -0.2) is 40.4 Å². The summed E-state index contributed by atoms with van der Waals surface area (Å²) < 4.78 is 12.0. The zero-order chi connectivity index (χ0) is 22.2. The summed E-state index contributed by atoms with van der Waals surface area (Å²) >= 11 is 0. The van der Waals surface area contributed by atoms with Gasteiger partial charge in [0, 0.05) is 25.9 Å². The lowest BCUT2D eigenvalue weighted by molar-refractivity contribution is -0.0272. The van der Waals surface area contributed by atoms with Gasteiger partial charge >= 0.3 is 6.09 Å². The van der Waals surface area contributed by atoms with Crippen molar-refractivity contribution in [3.05, 3.63) is 53.6 Å². The van der Waals surface area contributed by atoms with Crippen molar-refractivity contribution in [2.45, 2.75) is 70.7 Å². The highest BCUT2D eigenvalue weighted by molar-refractivity contribution is 5.68. The third-order valence-corrected chi connectivity index (χ3v) is 6.29. The average Bonchev–Trinajstić information content (AvgIpc) is 2.73. The molecule has 1 N–H and O–H groups in total. The first kappa shape index (κ1) is 21.7. The summed E-state index contributed by atoms with van der Waals surface area (Å²) in [5, 5.41) is 9.72. The molecular formula is C26H33NO4. The maximum atomic E-state index is 12.4. The molecule has 1 unspecified atom stereocenters. The maximum absolute atomic E-state index is 12.4. The minimum Gasteiger partial charge on any atom is -0.487 e. The Morgan fingerprint density at radius 2 is 1.71 bits per heavy atom. The number of carbonyl (C=O) groups is 1. The number of amides is 1. The van der Waals surface area contributed by atoms with E-state index in [0.717, 1.165) is 48.1 Å². The number of aliphatic hydroxyl groups is 1. The molecule has 5 nitrogen and oxygen atoms in total. The largest absolute Gasteiger partial charge is 0.487 e. The molecule has 0 aliphatic carbocycles. The standard InChI is InChI=1S/C26H33NO4/c1-18(28)19-5-7-20(8-6-19)21-9-10-23-22(17-21)11-12-26(30-23)13-15-27(16-14-26)24(29)31-25(2,3)4/h5-10,17-18,28H,11-16H2,1-4H3. The molecule has 0 bridgehead atoms. The molecule has 166 valence electrons. The van der Waals surface area contributed by atoms with E-state index in [1.165, 1.54) is 5.56 Å². The van der Waals surface area contributed by atoms with Crippen molar-refractivity contribution in [3.63, 3.8) is 0 Å². The van der Waals surface area contributed by atoms with Crippen LogP contribution in [0.2, 0.25) is 0 Å². The number of benzene rings is 2. The Morgan fingerprint density at radius 1 is 1.06 bits per heavy atom. The minimum atomic E-state index is -0.471. The Morgan fingerprint density at radius 3 is 2.32 bits per heavy atom. The van der Waals surface area contributed by atoms with Crippen LogP contribution >= 0.6 is 0 Å². The van der Waals surface area contributed by atoms with Gasteiger partial charge in [0.25, 0.3) is 0 Å². The van der Waals surface area contributed by atoms with Gasteiger partial charge in [-0.3, -0.25) is 0 Å². The molecule has 1 spiro atoms. The number of nitrogens with zero attached hydrogens (tertiary/aromatic N) is 1. The maximum Gasteiger partial charge on any atom is 0.410 e. The van der Waals surface area contributed by atoms with Crippen LogP contribution in [0.1, 0.15) is 64.2 Å². The van der Waals surface area contributed by atoms with E-state index in [4.69, 9.17) is 9.47 Å². The molecule has 2 heterocycles. The van der Waals surface area contributed by atoms with Crippen LogP contribution < -0.4 is 4.74 Å². The smallest absolute Gasteiger partial charge is 0.410 e. The summed E-state index contributed by atoms with van der Waals surface area (Å²) in [6, 6.07) is 14.5. The van der Waals surface area contributed by atoms with Crippen molar-refractivity contribution in [3.8, 4) is 16.9 Å². The van der Waals surface area contributed by atoms with Crippen LogP contribution in [-0.2, 0) is 11.2 Å². The fourth-order valence-corrected chi connectivity index (χ4v) is 4.43. The van der Waals surface area contributed by atoms with E-state index in [-0.39, 0.29) is 11.7 Å². The van der Waals surface area contributed by atoms with Gasteiger partial charge in [-0.1, -0.05) is 30.3 Å². The van der Waals surface area contributed by atoms with Gasteiger partial charge in [0.1, 0.15) is 17.0 Å². The Bertz CT molecular complexity index is 935. The normalized spacial score (nSPS) is 18.8. The number of aliphatic hydroxyl groups excluding tert-OH is 1. The van der Waals surface area contributed by atoms with Crippen LogP contribution in [0.15, 0.2) is 42.5 Å². The minimum absolute atomic E-state index is 0.189. The van der Waals surface area contributed by atoms with Crippen LogP contribution in [0.4, 0.5) is 4.79 Å². The molecule has 1 fully saturated rings. The SMILES string of the molecule is CC(O)c1ccc(-c2ccc3c(c2)CCC2(CCN(C(=O)OC(C)(C)C)CC2)O3)cc1. The van der Waals surface area contributed by atoms with Gasteiger partial charge in [0.15, 0.2) is 0 Å². The molecule has 0 saturated carbocycles. The Kier molecular flexibility index (Phi) is 5.73. The number of aryl methyl sites for hydroxylation is 1. The highest BCUT2D eigenvalue weighted by Crippen LogP contribution is 2.41. The first-order chi connectivity index (χ1) is 14.6. The lowest BCUT2D eigenvalue weighted by Crippen LogP contribution is -2.52. The highest BCUT2D eigenvalue weighted by atomic mass is 16.6. The third-order valence-electron chi connectivity index (χ3n) is 6.29. The van der Waals surface area contributed by atoms with Gasteiger partial charge < -0.3 is 19.5 Å². The first-order valence-corrected chi connectivity index (χ1v) is 11.2. The highest BCUT2D eigenvalue weighted by Gasteiger charge is 2.41. The fraction of sp³-hybridized carbons (Fsp3) is 0.500. The summed E-state index contributed by atoms with van der Waals surface area (Å²) in [7, 11) is 0. The summed E-state index contributed by atoms with van der Waals surface area (Å²) in [5.74, 6) is 0.960. The molecule has 1 saturated heterocycles. The molecule has 2 aliphatic rings. The number of rotatable bonds is 2. The van der Waals surface area contributed by atoms with Crippen molar-refractivity contribution < 1.29 is 19.4 Å². The number of likely N-dealkylation sites (tertiary alicyclic amines) is 1. The van der Waals surface area contributed by atoms with Gasteiger partial charge in [-0.2, -0.15) is 0 Å². The lowest BCUT2D eigenvalue weighted by Gasteiger charge is -2.44. The molecule has 2 aromatic rings. The van der Waals surface area contributed by atoms with E-state index < -0.39 is 11.7 Å². The van der Waals surface area contributed by atoms with Gasteiger partial charge in [-0.25, -0.2) is 4.79 Å². The van der Waals surface area contributed by atoms with Crippen LogP contribution in [0.5, 0.6) is 5.75 Å². The predicted octanol–water partition coefficient (Wildman–Crippen LogP) is 5.50. The average molecular weight is 424 g/mol. The third kappa shape index (κ3) is 4.87. The molecule has 2 aliphatic heterocycles. The van der Waals surface area contributed by atoms with E-state index in [1.807, 2.05) is 32.9 Å². The van der Waals surface area contributed by atoms with Gasteiger partial charge in [-0.05, 0) is 74.9 Å². The van der Waals surface area contributed by atoms with Gasteiger partial charge in [-0.15, -0.1) is 0 Å². The van der Waals surface area contributed by atoms with E-state index in [0.29, 0.717) is 13.1 Å². The van der Waals surface area contributed by atoms with Crippen LogP contribution in [0.3, 0.4) is 0 Å². The number of piperidine rings is 1. The van der Waals surface area contributed by atoms with Crippen molar-refractivity contribution in [2.24, 2.45) is 0 Å². The number of carbonyl (C=O) groups excluding carboxylic acids is 1. The van der Waals surface area contributed by atoms with Crippen molar-refractivity contribution in [1.29, 1.82) is 0 Å². The monoisotopic (exact) mass is 423 g/mol. The van der Waals surface area contributed by atoms with Crippen molar-refractivity contribution in [2.75, 3.05) is 13.1 Å². The molecule has 0 radical (unpaired) electrons. The second-order valence-corrected chi connectivity index (χ2v) is 9.87. The molecule has 0 aromatic heterocycles. The van der Waals surface area contributed by atoms with Crippen molar-refractivity contribution in [1.82, 2.24) is 4.90 Å². The predicted molar refractivity (Wildman–Crippen MR) is 121 cm³/mol. The second-order valence-electron chi connectivity index (χ2n) is 9.87. The number of hydrogen-bond acceptors (Lipinski definition) is 4.